The molecule has 0 aliphatic heterocycles. The molecule has 1 aromatic heterocycles. The highest BCUT2D eigenvalue weighted by Gasteiger charge is 2.04. The van der Waals surface area contributed by atoms with Crippen LogP contribution in [0.1, 0.15) is 12.6 Å². The number of aliphatic carboxylic acids is 1. The molecule has 1 rings (SSSR count). The van der Waals surface area contributed by atoms with Crippen molar-refractivity contribution in [3.63, 3.8) is 0 Å². The Hall–Kier alpha value is -2.15. The van der Waals surface area contributed by atoms with Gasteiger partial charge in [-0.2, -0.15) is 0 Å². The number of hydrogen-bond acceptors (Lipinski definition) is 4. The molecular formula is C12H17N3O4. The average Bonchev–Trinajstić information content (AvgIpc) is 2.36. The molecule has 0 radical (unpaired) electrons. The lowest BCUT2D eigenvalue weighted by Crippen LogP contribution is -2.31. The van der Waals surface area contributed by atoms with E-state index in [0.29, 0.717) is 31.1 Å². The number of hydrogen-bond donors (Lipinski definition) is 3. The Labute approximate surface area is 111 Å². The van der Waals surface area contributed by atoms with Gasteiger partial charge in [-0.05, 0) is 19.1 Å². The van der Waals surface area contributed by atoms with Crippen molar-refractivity contribution in [1.29, 1.82) is 0 Å². The Balaban J connectivity index is 2.36. The number of nitrogens with one attached hydrogen (secondary N) is 2. The van der Waals surface area contributed by atoms with E-state index in [-0.39, 0.29) is 12.5 Å². The van der Waals surface area contributed by atoms with E-state index in [0.717, 1.165) is 0 Å². The third-order valence-corrected chi connectivity index (χ3v) is 2.15. The average molecular weight is 267 g/mol. The maximum Gasteiger partial charge on any atom is 0.319 e. The highest BCUT2D eigenvalue weighted by atomic mass is 16.5. The first-order chi connectivity index (χ1) is 9.11. The molecule has 0 aliphatic rings. The monoisotopic (exact) mass is 267 g/mol. The number of aromatic nitrogens is 1. The summed E-state index contributed by atoms with van der Waals surface area (Å²) in [5.74, 6) is -0.943. The normalized spacial score (nSPS) is 9.95. The number of ether oxygens (including phenoxy) is 1. The van der Waals surface area contributed by atoms with Crippen molar-refractivity contribution in [2.24, 2.45) is 0 Å². The van der Waals surface area contributed by atoms with Gasteiger partial charge in [0, 0.05) is 13.2 Å². The minimum Gasteiger partial charge on any atom is -0.481 e. The molecule has 0 atom stereocenters. The Morgan fingerprint density at radius 3 is 2.79 bits per heavy atom. The molecule has 19 heavy (non-hydrogen) atoms. The van der Waals surface area contributed by atoms with E-state index in [1.807, 2.05) is 6.92 Å². The molecule has 0 unspecified atom stereocenters. The van der Waals surface area contributed by atoms with E-state index in [2.05, 4.69) is 15.6 Å². The molecule has 0 fully saturated rings. The van der Waals surface area contributed by atoms with Crippen LogP contribution in [0, 0.1) is 0 Å². The number of urea groups is 1. The molecule has 3 N–H and O–H groups in total. The fourth-order valence-corrected chi connectivity index (χ4v) is 1.31. The zero-order valence-electron chi connectivity index (χ0n) is 10.7. The lowest BCUT2D eigenvalue weighted by Gasteiger charge is -2.07. The van der Waals surface area contributed by atoms with E-state index in [9.17, 15) is 9.59 Å². The molecule has 0 aliphatic carbocycles. The van der Waals surface area contributed by atoms with Crippen LogP contribution >= 0.6 is 0 Å². The van der Waals surface area contributed by atoms with Crippen LogP contribution < -0.4 is 10.6 Å². The summed E-state index contributed by atoms with van der Waals surface area (Å²) in [6.07, 6.45) is 1.28. The summed E-state index contributed by atoms with van der Waals surface area (Å²) in [6, 6.07) is 2.81. The largest absolute Gasteiger partial charge is 0.481 e. The van der Waals surface area contributed by atoms with Crippen molar-refractivity contribution in [1.82, 2.24) is 10.3 Å². The van der Waals surface area contributed by atoms with Gasteiger partial charge < -0.3 is 20.5 Å². The molecule has 1 aromatic rings. The molecular weight excluding hydrogens is 250 g/mol. The number of carboxylic acids is 1. The van der Waals surface area contributed by atoms with Crippen LogP contribution in [-0.2, 0) is 16.0 Å². The minimum atomic E-state index is -0.943. The summed E-state index contributed by atoms with van der Waals surface area (Å²) < 4.78 is 5.08. The molecule has 0 aromatic carbocycles. The van der Waals surface area contributed by atoms with Gasteiger partial charge in [0.25, 0.3) is 0 Å². The van der Waals surface area contributed by atoms with Gasteiger partial charge in [-0.15, -0.1) is 0 Å². The quantitative estimate of drug-likeness (QED) is 0.636. The number of carboxylic acid groups (broad SMARTS) is 1. The second kappa shape index (κ2) is 8.04. The van der Waals surface area contributed by atoms with Crippen LogP contribution in [-0.4, -0.2) is 41.8 Å². The fraction of sp³-hybridized carbons (Fsp3) is 0.417. The van der Waals surface area contributed by atoms with Gasteiger partial charge in [0.2, 0.25) is 0 Å². The van der Waals surface area contributed by atoms with Crippen molar-refractivity contribution in [2.45, 2.75) is 13.3 Å². The van der Waals surface area contributed by atoms with Crippen molar-refractivity contribution >= 4 is 17.7 Å². The molecule has 104 valence electrons. The lowest BCUT2D eigenvalue weighted by atomic mass is 10.2. The number of amides is 2. The molecule has 2 amide bonds. The number of rotatable bonds is 7. The molecule has 1 heterocycles. The summed E-state index contributed by atoms with van der Waals surface area (Å²) in [7, 11) is 0. The second-order valence-corrected chi connectivity index (χ2v) is 3.69. The van der Waals surface area contributed by atoms with Crippen LogP contribution in [0.15, 0.2) is 18.3 Å². The minimum absolute atomic E-state index is 0.138. The van der Waals surface area contributed by atoms with Crippen molar-refractivity contribution in [2.75, 3.05) is 25.1 Å². The van der Waals surface area contributed by atoms with Crippen LogP contribution in [0.25, 0.3) is 0 Å². The van der Waals surface area contributed by atoms with E-state index < -0.39 is 5.97 Å². The first-order valence-corrected chi connectivity index (χ1v) is 5.91. The Morgan fingerprint density at radius 2 is 2.21 bits per heavy atom. The van der Waals surface area contributed by atoms with Gasteiger partial charge >= 0.3 is 12.0 Å². The molecule has 0 saturated carbocycles. The second-order valence-electron chi connectivity index (χ2n) is 3.69. The van der Waals surface area contributed by atoms with E-state index in [1.54, 1.807) is 12.1 Å². The highest BCUT2D eigenvalue weighted by molar-refractivity contribution is 5.89. The van der Waals surface area contributed by atoms with Gasteiger partial charge in [0.15, 0.2) is 0 Å². The zero-order valence-corrected chi connectivity index (χ0v) is 10.7. The van der Waals surface area contributed by atoms with Crippen LogP contribution in [0.5, 0.6) is 0 Å². The van der Waals surface area contributed by atoms with Crippen molar-refractivity contribution in [3.8, 4) is 0 Å². The first-order valence-electron chi connectivity index (χ1n) is 5.91. The summed E-state index contributed by atoms with van der Waals surface area (Å²) >= 11 is 0. The topological polar surface area (TPSA) is 101 Å². The maximum atomic E-state index is 11.4. The fourth-order valence-electron chi connectivity index (χ4n) is 1.31. The SMILES string of the molecule is CCOCCNC(=O)Nc1ccc(CC(=O)O)nc1. The summed E-state index contributed by atoms with van der Waals surface area (Å²) in [5.41, 5.74) is 0.942. The Kier molecular flexibility index (Phi) is 6.31. The van der Waals surface area contributed by atoms with E-state index in [1.165, 1.54) is 6.20 Å². The lowest BCUT2D eigenvalue weighted by molar-refractivity contribution is -0.136. The third-order valence-electron chi connectivity index (χ3n) is 2.15. The predicted molar refractivity (Wildman–Crippen MR) is 69.1 cm³/mol. The standard InChI is InChI=1S/C12H17N3O4/c1-2-19-6-5-13-12(18)15-10-4-3-9(14-8-10)7-11(16)17/h3-4,8H,2,5-7H2,1H3,(H,16,17)(H2,13,15,18). The third kappa shape index (κ3) is 6.37. The van der Waals surface area contributed by atoms with E-state index in [4.69, 9.17) is 9.84 Å². The molecule has 0 bridgehead atoms. The molecule has 7 heteroatoms. The predicted octanol–water partition coefficient (Wildman–Crippen LogP) is 0.867. The molecule has 0 spiro atoms. The van der Waals surface area contributed by atoms with Crippen molar-refractivity contribution in [3.05, 3.63) is 24.0 Å². The van der Waals surface area contributed by atoms with Crippen molar-refractivity contribution < 1.29 is 19.4 Å². The van der Waals surface area contributed by atoms with Crippen LogP contribution in [0.4, 0.5) is 10.5 Å². The maximum absolute atomic E-state index is 11.4. The smallest absolute Gasteiger partial charge is 0.319 e. The van der Waals surface area contributed by atoms with Gasteiger partial charge in [-0.3, -0.25) is 9.78 Å². The summed E-state index contributed by atoms with van der Waals surface area (Å²) in [4.78, 5) is 25.8. The molecule has 7 nitrogen and oxygen atoms in total. The number of carbonyl (C=O) groups is 2. The zero-order chi connectivity index (χ0) is 14.1. The van der Waals surface area contributed by atoms with Gasteiger partial charge in [0.1, 0.15) is 0 Å². The van der Waals surface area contributed by atoms with Gasteiger partial charge in [-0.25, -0.2) is 4.79 Å². The molecule has 0 saturated heterocycles. The summed E-state index contributed by atoms with van der Waals surface area (Å²) in [5, 5.41) is 13.8. The van der Waals surface area contributed by atoms with Gasteiger partial charge in [-0.1, -0.05) is 0 Å². The highest BCUT2D eigenvalue weighted by Crippen LogP contribution is 2.06. The summed E-state index contributed by atoms with van der Waals surface area (Å²) in [6.45, 7) is 3.37. The van der Waals surface area contributed by atoms with Crippen LogP contribution in [0.2, 0.25) is 0 Å². The number of nitrogens with zero attached hydrogens (tertiary/aromatic N) is 1. The Bertz CT molecular complexity index is 419. The Morgan fingerprint density at radius 1 is 1.42 bits per heavy atom. The number of pyridine rings is 1. The number of anilines is 1. The van der Waals surface area contributed by atoms with Gasteiger partial charge in [0.05, 0.1) is 30.6 Å². The number of carbonyl (C=O) groups excluding carboxylic acids is 1. The van der Waals surface area contributed by atoms with Crippen LogP contribution in [0.3, 0.4) is 0 Å². The van der Waals surface area contributed by atoms with E-state index >= 15 is 0 Å². The first kappa shape index (κ1) is 14.9.